The fourth-order valence-corrected chi connectivity index (χ4v) is 2.91. The third-order valence-corrected chi connectivity index (χ3v) is 3.93. The van der Waals surface area contributed by atoms with E-state index < -0.39 is 11.6 Å². The molecule has 0 bridgehead atoms. The molecule has 0 aliphatic rings. The Kier molecular flexibility index (Phi) is 3.73. The lowest BCUT2D eigenvalue weighted by molar-refractivity contribution is 0.580. The van der Waals surface area contributed by atoms with Gasteiger partial charge in [-0.1, -0.05) is 0 Å². The Morgan fingerprint density at radius 2 is 1.89 bits per heavy atom. The molecule has 0 fully saturated rings. The van der Waals surface area contributed by atoms with Crippen molar-refractivity contribution in [1.29, 1.82) is 0 Å². The maximum atomic E-state index is 13.1. The third-order valence-electron chi connectivity index (χ3n) is 2.57. The van der Waals surface area contributed by atoms with Crippen LogP contribution in [0.1, 0.15) is 34.1 Å². The molecule has 2 rings (SSSR count). The van der Waals surface area contributed by atoms with Gasteiger partial charge in [-0.15, -0.1) is 11.3 Å². The van der Waals surface area contributed by atoms with E-state index in [1.165, 1.54) is 23.5 Å². The summed E-state index contributed by atoms with van der Waals surface area (Å²) in [4.78, 5) is 5.40. The summed E-state index contributed by atoms with van der Waals surface area (Å²) < 4.78 is 26.1. The van der Waals surface area contributed by atoms with Gasteiger partial charge in [-0.2, -0.15) is 0 Å². The number of thiazole rings is 1. The van der Waals surface area contributed by atoms with Gasteiger partial charge < -0.3 is 5.73 Å². The van der Waals surface area contributed by atoms with Crippen molar-refractivity contribution >= 4 is 11.3 Å². The molecule has 0 spiro atoms. The van der Waals surface area contributed by atoms with Crippen LogP contribution in [-0.2, 0) is 6.42 Å². The van der Waals surface area contributed by atoms with E-state index in [0.29, 0.717) is 12.0 Å². The highest BCUT2D eigenvalue weighted by molar-refractivity contribution is 7.11. The van der Waals surface area contributed by atoms with Gasteiger partial charge in [0.2, 0.25) is 0 Å². The maximum absolute atomic E-state index is 13.1. The predicted molar refractivity (Wildman–Crippen MR) is 68.6 cm³/mol. The van der Waals surface area contributed by atoms with Gasteiger partial charge >= 0.3 is 0 Å². The monoisotopic (exact) mass is 268 g/mol. The van der Waals surface area contributed by atoms with Gasteiger partial charge in [0.05, 0.1) is 10.7 Å². The van der Waals surface area contributed by atoms with Gasteiger partial charge in [0.15, 0.2) is 0 Å². The first kappa shape index (κ1) is 13.1. The van der Waals surface area contributed by atoms with Crippen LogP contribution in [0.15, 0.2) is 18.2 Å². The third kappa shape index (κ3) is 2.91. The maximum Gasteiger partial charge on any atom is 0.126 e. The highest BCUT2D eigenvalue weighted by Crippen LogP contribution is 2.25. The zero-order chi connectivity index (χ0) is 13.3. The normalized spacial score (nSPS) is 12.7. The quantitative estimate of drug-likeness (QED) is 0.927. The molecule has 1 heterocycles. The van der Waals surface area contributed by atoms with Crippen LogP contribution in [0.5, 0.6) is 0 Å². The van der Waals surface area contributed by atoms with Gasteiger partial charge in [-0.25, -0.2) is 13.8 Å². The molecule has 0 saturated carbocycles. The average molecular weight is 268 g/mol. The van der Waals surface area contributed by atoms with Crippen molar-refractivity contribution in [2.75, 3.05) is 0 Å². The molecule has 0 aliphatic heterocycles. The number of nitrogens with zero attached hydrogens (tertiary/aromatic N) is 1. The number of halogens is 2. The Bertz CT molecular complexity index is 544. The largest absolute Gasteiger partial charge is 0.323 e. The lowest BCUT2D eigenvalue weighted by atomic mass is 10.1. The van der Waals surface area contributed by atoms with Gasteiger partial charge in [0.25, 0.3) is 0 Å². The van der Waals surface area contributed by atoms with Crippen LogP contribution >= 0.6 is 11.3 Å². The van der Waals surface area contributed by atoms with E-state index in [4.69, 9.17) is 5.73 Å². The summed E-state index contributed by atoms with van der Waals surface area (Å²) in [6.45, 7) is 3.79. The summed E-state index contributed by atoms with van der Waals surface area (Å²) in [5.41, 5.74) is 7.29. The SMILES string of the molecule is Cc1nc(Cc2cc(F)cc(F)c2)sc1C(C)N. The molecular formula is C13H14F2N2S. The Morgan fingerprint density at radius 3 is 2.39 bits per heavy atom. The minimum absolute atomic E-state index is 0.0690. The minimum Gasteiger partial charge on any atom is -0.323 e. The van der Waals surface area contributed by atoms with Crippen LogP contribution < -0.4 is 5.73 Å². The average Bonchev–Trinajstić information content (AvgIpc) is 2.57. The Hall–Kier alpha value is -1.33. The van der Waals surface area contributed by atoms with Gasteiger partial charge in [0.1, 0.15) is 11.6 Å². The van der Waals surface area contributed by atoms with Crippen molar-refractivity contribution in [2.45, 2.75) is 26.3 Å². The molecule has 1 aromatic carbocycles. The molecule has 2 aromatic rings. The molecule has 2 nitrogen and oxygen atoms in total. The molecule has 5 heteroatoms. The van der Waals surface area contributed by atoms with Crippen molar-refractivity contribution < 1.29 is 8.78 Å². The molecule has 2 N–H and O–H groups in total. The number of hydrogen-bond donors (Lipinski definition) is 1. The minimum atomic E-state index is -0.564. The van der Waals surface area contributed by atoms with Crippen molar-refractivity contribution in [2.24, 2.45) is 5.73 Å². The van der Waals surface area contributed by atoms with Gasteiger partial charge in [-0.05, 0) is 31.5 Å². The van der Waals surface area contributed by atoms with Crippen molar-refractivity contribution in [1.82, 2.24) is 4.98 Å². The summed E-state index contributed by atoms with van der Waals surface area (Å²) >= 11 is 1.49. The molecule has 0 radical (unpaired) electrons. The molecule has 0 aliphatic carbocycles. The number of benzene rings is 1. The van der Waals surface area contributed by atoms with E-state index in [2.05, 4.69) is 4.98 Å². The summed E-state index contributed by atoms with van der Waals surface area (Å²) in [6.07, 6.45) is 0.424. The van der Waals surface area contributed by atoms with Crippen molar-refractivity contribution in [3.05, 3.63) is 51.0 Å². The second-order valence-corrected chi connectivity index (χ2v) is 5.42. The second-order valence-electron chi connectivity index (χ2n) is 4.30. The highest BCUT2D eigenvalue weighted by atomic mass is 32.1. The number of rotatable bonds is 3. The fraction of sp³-hybridized carbons (Fsp3) is 0.308. The lowest BCUT2D eigenvalue weighted by Gasteiger charge is -2.00. The molecule has 18 heavy (non-hydrogen) atoms. The molecule has 1 aromatic heterocycles. The highest BCUT2D eigenvalue weighted by Gasteiger charge is 2.12. The zero-order valence-corrected chi connectivity index (χ0v) is 11.0. The predicted octanol–water partition coefficient (Wildman–Crippen LogP) is 3.34. The summed E-state index contributed by atoms with van der Waals surface area (Å²) in [7, 11) is 0. The van der Waals surface area contributed by atoms with Crippen LogP contribution in [-0.4, -0.2) is 4.98 Å². The topological polar surface area (TPSA) is 38.9 Å². The van der Waals surface area contributed by atoms with E-state index in [0.717, 1.165) is 21.6 Å². The van der Waals surface area contributed by atoms with E-state index in [1.54, 1.807) is 0 Å². The summed E-state index contributed by atoms with van der Waals surface area (Å²) in [5, 5.41) is 0.824. The van der Waals surface area contributed by atoms with E-state index in [-0.39, 0.29) is 6.04 Å². The standard InChI is InChI=1S/C13H14F2N2S/c1-7(16)13-8(2)17-12(18-13)5-9-3-10(14)6-11(15)4-9/h3-4,6-7H,5,16H2,1-2H3. The molecule has 1 atom stereocenters. The second kappa shape index (κ2) is 5.12. The fourth-order valence-electron chi connectivity index (χ4n) is 1.85. The van der Waals surface area contributed by atoms with Crippen LogP contribution in [0, 0.1) is 18.6 Å². The van der Waals surface area contributed by atoms with Gasteiger partial charge in [0, 0.05) is 23.4 Å². The van der Waals surface area contributed by atoms with Gasteiger partial charge in [-0.3, -0.25) is 0 Å². The molecule has 0 saturated heterocycles. The van der Waals surface area contributed by atoms with Crippen molar-refractivity contribution in [3.63, 3.8) is 0 Å². The lowest BCUT2D eigenvalue weighted by Crippen LogP contribution is -2.03. The first-order chi connectivity index (χ1) is 8.45. The van der Waals surface area contributed by atoms with Crippen LogP contribution in [0.2, 0.25) is 0 Å². The van der Waals surface area contributed by atoms with Crippen LogP contribution in [0.4, 0.5) is 8.78 Å². The summed E-state index contributed by atoms with van der Waals surface area (Å²) in [6, 6.07) is 3.45. The van der Waals surface area contributed by atoms with E-state index >= 15 is 0 Å². The van der Waals surface area contributed by atoms with Crippen molar-refractivity contribution in [3.8, 4) is 0 Å². The Morgan fingerprint density at radius 1 is 1.28 bits per heavy atom. The molecular weight excluding hydrogens is 254 g/mol. The molecule has 96 valence electrons. The number of hydrogen-bond acceptors (Lipinski definition) is 3. The number of aryl methyl sites for hydroxylation is 1. The van der Waals surface area contributed by atoms with E-state index in [1.807, 2.05) is 13.8 Å². The Balaban J connectivity index is 2.26. The smallest absolute Gasteiger partial charge is 0.126 e. The molecule has 1 unspecified atom stereocenters. The zero-order valence-electron chi connectivity index (χ0n) is 10.2. The summed E-state index contributed by atoms with van der Waals surface area (Å²) in [5.74, 6) is -1.13. The first-order valence-corrected chi connectivity index (χ1v) is 6.44. The Labute approximate surface area is 108 Å². The van der Waals surface area contributed by atoms with E-state index in [9.17, 15) is 8.78 Å². The first-order valence-electron chi connectivity index (χ1n) is 5.62. The number of aromatic nitrogens is 1. The van der Waals surface area contributed by atoms with Crippen LogP contribution in [0.25, 0.3) is 0 Å². The van der Waals surface area contributed by atoms with Crippen LogP contribution in [0.3, 0.4) is 0 Å². The molecule has 0 amide bonds. The number of nitrogens with two attached hydrogens (primary N) is 1.